The molecule has 1 fully saturated rings. The highest BCUT2D eigenvalue weighted by atomic mass is 19.1. The number of halogens is 1. The minimum absolute atomic E-state index is 0.0117. The topological polar surface area (TPSA) is 52.6 Å². The van der Waals surface area contributed by atoms with E-state index in [2.05, 4.69) is 5.32 Å². The molecule has 1 aliphatic heterocycles. The van der Waals surface area contributed by atoms with E-state index in [0.717, 1.165) is 25.5 Å². The maximum Gasteiger partial charge on any atom is 0.256 e. The number of phenols is 1. The second-order valence-electron chi connectivity index (χ2n) is 4.80. The minimum atomic E-state index is -0.678. The number of likely N-dealkylation sites (N-methyl/N-ethyl adjacent to an activating group) is 1. The molecule has 0 aliphatic carbocycles. The smallest absolute Gasteiger partial charge is 0.256 e. The van der Waals surface area contributed by atoms with Crippen LogP contribution in [0.1, 0.15) is 30.1 Å². The van der Waals surface area contributed by atoms with Gasteiger partial charge in [0.1, 0.15) is 11.6 Å². The molecule has 1 aliphatic rings. The van der Waals surface area contributed by atoms with Gasteiger partial charge in [0.2, 0.25) is 0 Å². The van der Waals surface area contributed by atoms with Crippen LogP contribution in [0.25, 0.3) is 0 Å². The Labute approximate surface area is 112 Å². The lowest BCUT2D eigenvalue weighted by atomic mass is 10.1. The molecule has 1 aromatic carbocycles. The maximum atomic E-state index is 13.7. The zero-order valence-corrected chi connectivity index (χ0v) is 11.0. The summed E-state index contributed by atoms with van der Waals surface area (Å²) in [6.07, 6.45) is 2.16. The van der Waals surface area contributed by atoms with Crippen molar-refractivity contribution in [3.05, 3.63) is 29.6 Å². The Balaban J connectivity index is 2.10. The van der Waals surface area contributed by atoms with Crippen molar-refractivity contribution in [2.45, 2.75) is 25.8 Å². The third kappa shape index (κ3) is 3.23. The summed E-state index contributed by atoms with van der Waals surface area (Å²) >= 11 is 0. The van der Waals surface area contributed by atoms with Crippen LogP contribution in [0.2, 0.25) is 0 Å². The lowest BCUT2D eigenvalue weighted by Crippen LogP contribution is -2.41. The van der Waals surface area contributed by atoms with Crippen LogP contribution in [0.5, 0.6) is 5.75 Å². The fourth-order valence-corrected chi connectivity index (χ4v) is 2.38. The van der Waals surface area contributed by atoms with Crippen molar-refractivity contribution >= 4 is 5.91 Å². The molecule has 0 bridgehead atoms. The Hall–Kier alpha value is -1.62. The largest absolute Gasteiger partial charge is 0.508 e. The van der Waals surface area contributed by atoms with E-state index in [1.165, 1.54) is 12.1 Å². The average Bonchev–Trinajstić information content (AvgIpc) is 2.88. The summed E-state index contributed by atoms with van der Waals surface area (Å²) in [7, 11) is 0. The van der Waals surface area contributed by atoms with E-state index in [0.29, 0.717) is 19.1 Å². The van der Waals surface area contributed by atoms with Crippen molar-refractivity contribution in [1.29, 1.82) is 0 Å². The van der Waals surface area contributed by atoms with Crippen molar-refractivity contribution < 1.29 is 14.3 Å². The highest BCUT2D eigenvalue weighted by Gasteiger charge is 2.23. The standard InChI is InChI=1S/C14H19FN2O2/c1-2-17(9-10-4-3-7-16-10)14(19)12-6-5-11(18)8-13(12)15/h5-6,8,10,16,18H,2-4,7,9H2,1H3. The summed E-state index contributed by atoms with van der Waals surface area (Å²) in [6.45, 7) is 3.99. The fraction of sp³-hybridized carbons (Fsp3) is 0.500. The lowest BCUT2D eigenvalue weighted by molar-refractivity contribution is 0.0746. The number of carbonyl (C=O) groups excluding carboxylic acids is 1. The number of carbonyl (C=O) groups is 1. The molecule has 1 amide bonds. The van der Waals surface area contributed by atoms with Crippen molar-refractivity contribution in [2.75, 3.05) is 19.6 Å². The summed E-state index contributed by atoms with van der Waals surface area (Å²) in [5.74, 6) is -1.17. The molecule has 1 aromatic rings. The Morgan fingerprint density at radius 3 is 2.95 bits per heavy atom. The molecule has 1 unspecified atom stereocenters. The van der Waals surface area contributed by atoms with E-state index in [4.69, 9.17) is 5.11 Å². The molecular weight excluding hydrogens is 247 g/mol. The first-order valence-corrected chi connectivity index (χ1v) is 6.63. The maximum absolute atomic E-state index is 13.7. The molecule has 1 heterocycles. The van der Waals surface area contributed by atoms with Gasteiger partial charge in [0.25, 0.3) is 5.91 Å². The predicted octanol–water partition coefficient (Wildman–Crippen LogP) is 1.75. The van der Waals surface area contributed by atoms with Gasteiger partial charge in [0, 0.05) is 25.2 Å². The molecule has 2 N–H and O–H groups in total. The van der Waals surface area contributed by atoms with Crippen LogP contribution in [0.4, 0.5) is 4.39 Å². The number of aromatic hydroxyl groups is 1. The van der Waals surface area contributed by atoms with Crippen molar-refractivity contribution in [3.8, 4) is 5.75 Å². The van der Waals surface area contributed by atoms with Crippen LogP contribution in [0.15, 0.2) is 18.2 Å². The normalized spacial score (nSPS) is 18.5. The van der Waals surface area contributed by atoms with Crippen LogP contribution in [-0.4, -0.2) is 41.6 Å². The first kappa shape index (κ1) is 13.8. The molecule has 0 saturated carbocycles. The van der Waals surface area contributed by atoms with Gasteiger partial charge in [0.05, 0.1) is 5.56 Å². The van der Waals surface area contributed by atoms with Crippen LogP contribution in [-0.2, 0) is 0 Å². The SMILES string of the molecule is CCN(CC1CCCN1)C(=O)c1ccc(O)cc1F. The van der Waals surface area contributed by atoms with Gasteiger partial charge in [-0.05, 0) is 38.4 Å². The van der Waals surface area contributed by atoms with E-state index < -0.39 is 5.82 Å². The Morgan fingerprint density at radius 2 is 2.37 bits per heavy atom. The van der Waals surface area contributed by atoms with Gasteiger partial charge in [-0.2, -0.15) is 0 Å². The summed E-state index contributed by atoms with van der Waals surface area (Å²) in [4.78, 5) is 13.9. The van der Waals surface area contributed by atoms with Crippen molar-refractivity contribution in [1.82, 2.24) is 10.2 Å². The fourth-order valence-electron chi connectivity index (χ4n) is 2.38. The first-order valence-electron chi connectivity index (χ1n) is 6.63. The van der Waals surface area contributed by atoms with E-state index in [1.54, 1.807) is 4.90 Å². The molecule has 19 heavy (non-hydrogen) atoms. The number of benzene rings is 1. The van der Waals surface area contributed by atoms with Gasteiger partial charge in [-0.15, -0.1) is 0 Å². The zero-order chi connectivity index (χ0) is 13.8. The number of nitrogens with zero attached hydrogens (tertiary/aromatic N) is 1. The molecular formula is C14H19FN2O2. The number of hydrogen-bond acceptors (Lipinski definition) is 3. The second kappa shape index (κ2) is 6.02. The number of nitrogens with one attached hydrogen (secondary N) is 1. The Kier molecular flexibility index (Phi) is 4.37. The number of phenolic OH excluding ortho intramolecular Hbond substituents is 1. The summed E-state index contributed by atoms with van der Waals surface area (Å²) < 4.78 is 13.7. The van der Waals surface area contributed by atoms with Crippen LogP contribution >= 0.6 is 0 Å². The molecule has 1 atom stereocenters. The highest BCUT2D eigenvalue weighted by Crippen LogP contribution is 2.17. The molecule has 0 radical (unpaired) electrons. The highest BCUT2D eigenvalue weighted by molar-refractivity contribution is 5.94. The molecule has 4 nitrogen and oxygen atoms in total. The van der Waals surface area contributed by atoms with E-state index in [-0.39, 0.29) is 17.2 Å². The molecule has 0 aromatic heterocycles. The van der Waals surface area contributed by atoms with Gasteiger partial charge < -0.3 is 15.3 Å². The molecule has 0 spiro atoms. The summed E-state index contributed by atoms with van der Waals surface area (Å²) in [5.41, 5.74) is 0.0117. The zero-order valence-electron chi connectivity index (χ0n) is 11.0. The van der Waals surface area contributed by atoms with Crippen LogP contribution in [0, 0.1) is 5.82 Å². The number of rotatable bonds is 4. The van der Waals surface area contributed by atoms with E-state index in [9.17, 15) is 9.18 Å². The van der Waals surface area contributed by atoms with Gasteiger partial charge in [-0.1, -0.05) is 0 Å². The van der Waals surface area contributed by atoms with Gasteiger partial charge in [-0.3, -0.25) is 4.79 Å². The first-order chi connectivity index (χ1) is 9.11. The quantitative estimate of drug-likeness (QED) is 0.873. The summed E-state index contributed by atoms with van der Waals surface area (Å²) in [6, 6.07) is 3.93. The monoisotopic (exact) mass is 266 g/mol. The van der Waals surface area contributed by atoms with Crippen LogP contribution in [0.3, 0.4) is 0 Å². The lowest BCUT2D eigenvalue weighted by Gasteiger charge is -2.24. The van der Waals surface area contributed by atoms with E-state index in [1.807, 2.05) is 6.92 Å². The molecule has 104 valence electrons. The Morgan fingerprint density at radius 1 is 1.58 bits per heavy atom. The number of amides is 1. The van der Waals surface area contributed by atoms with Crippen molar-refractivity contribution in [3.63, 3.8) is 0 Å². The molecule has 5 heteroatoms. The predicted molar refractivity (Wildman–Crippen MR) is 70.7 cm³/mol. The van der Waals surface area contributed by atoms with Gasteiger partial charge >= 0.3 is 0 Å². The van der Waals surface area contributed by atoms with Crippen molar-refractivity contribution in [2.24, 2.45) is 0 Å². The molecule has 1 saturated heterocycles. The third-order valence-corrected chi connectivity index (χ3v) is 3.46. The van der Waals surface area contributed by atoms with Gasteiger partial charge in [-0.25, -0.2) is 4.39 Å². The second-order valence-corrected chi connectivity index (χ2v) is 4.80. The minimum Gasteiger partial charge on any atom is -0.508 e. The Bertz CT molecular complexity index is 459. The third-order valence-electron chi connectivity index (χ3n) is 3.46. The van der Waals surface area contributed by atoms with Gasteiger partial charge in [0.15, 0.2) is 0 Å². The number of hydrogen-bond donors (Lipinski definition) is 2. The van der Waals surface area contributed by atoms with Crippen LogP contribution < -0.4 is 5.32 Å². The summed E-state index contributed by atoms with van der Waals surface area (Å²) in [5, 5.41) is 12.5. The average molecular weight is 266 g/mol. The van der Waals surface area contributed by atoms with E-state index >= 15 is 0 Å². The molecule has 2 rings (SSSR count).